The van der Waals surface area contributed by atoms with Crippen LogP contribution in [0.2, 0.25) is 0 Å². The zero-order valence-electron chi connectivity index (χ0n) is 11.1. The largest absolute Gasteiger partial charge is 0.476 e. The Balaban J connectivity index is 2.43. The predicted molar refractivity (Wildman–Crippen MR) is 67.1 cm³/mol. The molecule has 0 radical (unpaired) electrons. The van der Waals surface area contributed by atoms with Gasteiger partial charge in [0.15, 0.2) is 5.82 Å². The van der Waals surface area contributed by atoms with E-state index in [0.717, 1.165) is 0 Å². The van der Waals surface area contributed by atoms with Crippen molar-refractivity contribution in [3.05, 3.63) is 18.1 Å². The van der Waals surface area contributed by atoms with Crippen LogP contribution in [0.25, 0.3) is 11.5 Å². The maximum atomic E-state index is 11.2. The van der Waals surface area contributed by atoms with Crippen LogP contribution in [0, 0.1) is 0 Å². The number of rotatable bonds is 6. The molecule has 0 bridgehead atoms. The maximum Gasteiger partial charge on any atom is 0.358 e. The van der Waals surface area contributed by atoms with Crippen molar-refractivity contribution in [2.24, 2.45) is 7.05 Å². The molecule has 1 atom stereocenters. The summed E-state index contributed by atoms with van der Waals surface area (Å²) in [6, 6.07) is 0. The van der Waals surface area contributed by atoms with Crippen molar-refractivity contribution in [2.75, 3.05) is 13.7 Å². The summed E-state index contributed by atoms with van der Waals surface area (Å²) in [7, 11) is 3.20. The maximum absolute atomic E-state index is 11.2. The number of carboxylic acid groups (broad SMARTS) is 1. The molecule has 2 aromatic heterocycles. The molecule has 2 heterocycles. The molecule has 0 saturated heterocycles. The Morgan fingerprint density at radius 2 is 2.30 bits per heavy atom. The van der Waals surface area contributed by atoms with Crippen molar-refractivity contribution >= 4 is 5.97 Å². The van der Waals surface area contributed by atoms with Crippen LogP contribution >= 0.6 is 0 Å². The quantitative estimate of drug-likeness (QED) is 0.725. The molecule has 0 fully saturated rings. The number of aliphatic hydroxyl groups is 1. The third-order valence-electron chi connectivity index (χ3n) is 2.71. The van der Waals surface area contributed by atoms with E-state index in [1.165, 1.54) is 11.8 Å². The van der Waals surface area contributed by atoms with E-state index in [0.29, 0.717) is 5.82 Å². The number of carboxylic acids is 1. The molecule has 0 amide bonds. The lowest BCUT2D eigenvalue weighted by Gasteiger charge is -2.11. The minimum absolute atomic E-state index is 0.0658. The summed E-state index contributed by atoms with van der Waals surface area (Å²) in [5.74, 6) is -0.785. The number of aromatic nitrogens is 5. The lowest BCUT2D eigenvalue weighted by atomic mass is 10.3. The summed E-state index contributed by atoms with van der Waals surface area (Å²) in [5, 5.41) is 26.3. The first kappa shape index (κ1) is 14.2. The number of nitrogens with zero attached hydrogens (tertiary/aromatic N) is 5. The highest BCUT2D eigenvalue weighted by molar-refractivity contribution is 5.91. The van der Waals surface area contributed by atoms with Crippen molar-refractivity contribution < 1.29 is 19.7 Å². The molecule has 2 N–H and O–H groups in total. The highest BCUT2D eigenvalue weighted by Crippen LogP contribution is 2.20. The lowest BCUT2D eigenvalue weighted by molar-refractivity contribution is 0.0513. The molecule has 1 unspecified atom stereocenters. The second kappa shape index (κ2) is 5.80. The van der Waals surface area contributed by atoms with E-state index < -0.39 is 12.1 Å². The monoisotopic (exact) mass is 281 g/mol. The Kier molecular flexibility index (Phi) is 4.11. The van der Waals surface area contributed by atoms with E-state index >= 15 is 0 Å². The fourth-order valence-electron chi connectivity index (χ4n) is 1.84. The molecule has 2 rings (SSSR count). The van der Waals surface area contributed by atoms with Crippen LogP contribution in [-0.4, -0.2) is 60.5 Å². The summed E-state index contributed by atoms with van der Waals surface area (Å²) in [6.45, 7) is 0.179. The molecule has 0 aliphatic heterocycles. The minimum atomic E-state index is -1.20. The van der Waals surface area contributed by atoms with E-state index in [1.807, 2.05) is 0 Å². The highest BCUT2D eigenvalue weighted by atomic mass is 16.5. The molecule has 0 spiro atoms. The normalized spacial score (nSPS) is 12.6. The summed E-state index contributed by atoms with van der Waals surface area (Å²) < 4.78 is 7.81. The number of imidazole rings is 1. The molecular formula is C11H15N5O4. The molecule has 20 heavy (non-hydrogen) atoms. The van der Waals surface area contributed by atoms with Gasteiger partial charge in [-0.3, -0.25) is 0 Å². The minimum Gasteiger partial charge on any atom is -0.476 e. The van der Waals surface area contributed by atoms with E-state index in [1.54, 1.807) is 24.0 Å². The van der Waals surface area contributed by atoms with Crippen LogP contribution in [0.1, 0.15) is 10.5 Å². The van der Waals surface area contributed by atoms with E-state index in [4.69, 9.17) is 9.84 Å². The molecule has 0 aliphatic carbocycles. The topological polar surface area (TPSA) is 115 Å². The zero-order chi connectivity index (χ0) is 14.7. The Labute approximate surface area is 114 Å². The molecule has 9 heteroatoms. The molecule has 9 nitrogen and oxygen atoms in total. The first-order chi connectivity index (χ1) is 9.54. The average molecular weight is 281 g/mol. The Morgan fingerprint density at radius 3 is 2.85 bits per heavy atom. The van der Waals surface area contributed by atoms with Gasteiger partial charge in [0.2, 0.25) is 5.69 Å². The number of aryl methyl sites for hydroxylation is 1. The molecule has 0 aliphatic rings. The summed E-state index contributed by atoms with van der Waals surface area (Å²) in [6.07, 6.45) is 2.41. The Hall–Kier alpha value is -2.26. The summed E-state index contributed by atoms with van der Waals surface area (Å²) in [4.78, 5) is 15.3. The van der Waals surface area contributed by atoms with Gasteiger partial charge >= 0.3 is 5.97 Å². The van der Waals surface area contributed by atoms with Gasteiger partial charge in [0.05, 0.1) is 19.3 Å². The first-order valence-electron chi connectivity index (χ1n) is 5.86. The summed E-state index contributed by atoms with van der Waals surface area (Å²) in [5.41, 5.74) is 0.0454. The zero-order valence-corrected chi connectivity index (χ0v) is 11.1. The van der Waals surface area contributed by atoms with Crippen LogP contribution in [-0.2, 0) is 18.3 Å². The van der Waals surface area contributed by atoms with Crippen LogP contribution in [0.3, 0.4) is 0 Å². The van der Waals surface area contributed by atoms with Gasteiger partial charge in [0, 0.05) is 26.6 Å². The average Bonchev–Trinajstić information content (AvgIpc) is 2.95. The van der Waals surface area contributed by atoms with Crippen LogP contribution in [0.4, 0.5) is 0 Å². The van der Waals surface area contributed by atoms with Crippen molar-refractivity contribution in [1.82, 2.24) is 24.5 Å². The van der Waals surface area contributed by atoms with Gasteiger partial charge in [-0.05, 0) is 0 Å². The number of aliphatic hydroxyl groups excluding tert-OH is 1. The van der Waals surface area contributed by atoms with E-state index in [2.05, 4.69) is 15.3 Å². The van der Waals surface area contributed by atoms with Gasteiger partial charge in [-0.15, -0.1) is 5.10 Å². The number of hydrogen-bond acceptors (Lipinski definition) is 6. The number of ether oxygens (including phenoxy) is 1. The number of methoxy groups -OCH3 is 1. The third kappa shape index (κ3) is 2.68. The van der Waals surface area contributed by atoms with Crippen molar-refractivity contribution in [2.45, 2.75) is 12.6 Å². The van der Waals surface area contributed by atoms with E-state index in [9.17, 15) is 9.90 Å². The van der Waals surface area contributed by atoms with Crippen molar-refractivity contribution in [3.8, 4) is 11.5 Å². The number of hydrogen-bond donors (Lipinski definition) is 2. The van der Waals surface area contributed by atoms with Gasteiger partial charge in [0.25, 0.3) is 0 Å². The predicted octanol–water partition coefficient (Wildman–Crippen LogP) is -0.616. The van der Waals surface area contributed by atoms with Crippen molar-refractivity contribution in [3.63, 3.8) is 0 Å². The third-order valence-corrected chi connectivity index (χ3v) is 2.71. The molecule has 2 aromatic rings. The highest BCUT2D eigenvalue weighted by Gasteiger charge is 2.24. The van der Waals surface area contributed by atoms with Crippen LogP contribution in [0.15, 0.2) is 12.4 Å². The second-order valence-electron chi connectivity index (χ2n) is 4.24. The standard InChI is InChI=1S/C11H15N5O4/c1-15-4-3-12-10(15)9-8(11(18)19)13-14-16(9)5-7(17)6-20-2/h3-4,7,17H,5-6H2,1-2H3,(H,18,19). The fourth-order valence-corrected chi connectivity index (χ4v) is 1.84. The van der Waals surface area contributed by atoms with Gasteiger partial charge in [0.1, 0.15) is 5.69 Å². The van der Waals surface area contributed by atoms with Crippen molar-refractivity contribution in [1.29, 1.82) is 0 Å². The van der Waals surface area contributed by atoms with Crippen LogP contribution in [0.5, 0.6) is 0 Å². The number of carbonyl (C=O) groups is 1. The van der Waals surface area contributed by atoms with Gasteiger partial charge < -0.3 is 19.5 Å². The lowest BCUT2D eigenvalue weighted by Crippen LogP contribution is -2.23. The van der Waals surface area contributed by atoms with Gasteiger partial charge in [-0.2, -0.15) is 0 Å². The summed E-state index contributed by atoms with van der Waals surface area (Å²) >= 11 is 0. The Bertz CT molecular complexity index is 606. The van der Waals surface area contributed by atoms with Gasteiger partial charge in [-0.1, -0.05) is 5.21 Å². The molecule has 0 aromatic carbocycles. The smallest absolute Gasteiger partial charge is 0.358 e. The second-order valence-corrected chi connectivity index (χ2v) is 4.24. The first-order valence-corrected chi connectivity index (χ1v) is 5.86. The molecular weight excluding hydrogens is 266 g/mol. The SMILES string of the molecule is COCC(O)Cn1nnc(C(=O)O)c1-c1nccn1C. The van der Waals surface area contributed by atoms with Gasteiger partial charge in [-0.25, -0.2) is 14.5 Å². The Morgan fingerprint density at radius 1 is 1.55 bits per heavy atom. The molecule has 0 saturated carbocycles. The van der Waals surface area contributed by atoms with Crippen LogP contribution < -0.4 is 0 Å². The molecule has 108 valence electrons. The van der Waals surface area contributed by atoms with E-state index in [-0.39, 0.29) is 24.5 Å². The number of aromatic carboxylic acids is 1. The fraction of sp³-hybridized carbons (Fsp3) is 0.455.